The third kappa shape index (κ3) is 4.39. The van der Waals surface area contributed by atoms with Gasteiger partial charge in [0.2, 0.25) is 16.0 Å². The standard InChI is InChI=1S/C12H13IN4O2S/c13-10-7-16-12(17-8-10)15-6-5-9-1-3-11(4-2-9)20(14,18)19/h1-4,7-8H,5-6H2,(H2,14,18,19)(H,15,16,17). The summed E-state index contributed by atoms with van der Waals surface area (Å²) < 4.78 is 23.2. The second-order valence-electron chi connectivity index (χ2n) is 4.09. The number of nitrogens with one attached hydrogen (secondary N) is 1. The van der Waals surface area contributed by atoms with Crippen molar-refractivity contribution in [2.45, 2.75) is 11.3 Å². The molecule has 0 fully saturated rings. The molecule has 1 heterocycles. The van der Waals surface area contributed by atoms with Crippen LogP contribution in [0.25, 0.3) is 0 Å². The Morgan fingerprint density at radius 3 is 2.30 bits per heavy atom. The van der Waals surface area contributed by atoms with Gasteiger partial charge < -0.3 is 5.32 Å². The van der Waals surface area contributed by atoms with E-state index in [0.29, 0.717) is 12.5 Å². The molecule has 0 amide bonds. The molecule has 0 aliphatic carbocycles. The van der Waals surface area contributed by atoms with Gasteiger partial charge in [-0.25, -0.2) is 23.5 Å². The lowest BCUT2D eigenvalue weighted by Crippen LogP contribution is -2.12. The Morgan fingerprint density at radius 2 is 1.75 bits per heavy atom. The number of aromatic nitrogens is 2. The van der Waals surface area contributed by atoms with E-state index in [1.54, 1.807) is 24.5 Å². The smallest absolute Gasteiger partial charge is 0.238 e. The first-order valence-corrected chi connectivity index (χ1v) is 8.41. The number of sulfonamides is 1. The number of hydrogen-bond donors (Lipinski definition) is 2. The zero-order chi connectivity index (χ0) is 14.6. The molecule has 106 valence electrons. The number of anilines is 1. The van der Waals surface area contributed by atoms with Crippen molar-refractivity contribution in [3.05, 3.63) is 45.8 Å². The first kappa shape index (κ1) is 15.1. The third-order valence-corrected chi connectivity index (χ3v) is 4.06. The van der Waals surface area contributed by atoms with E-state index >= 15 is 0 Å². The van der Waals surface area contributed by atoms with Crippen LogP contribution < -0.4 is 10.5 Å². The average Bonchev–Trinajstić information content (AvgIpc) is 2.41. The molecule has 6 nitrogen and oxygen atoms in total. The molecular formula is C12H13IN4O2S. The monoisotopic (exact) mass is 404 g/mol. The fraction of sp³-hybridized carbons (Fsp3) is 0.167. The Hall–Kier alpha value is -1.26. The number of halogens is 1. The van der Waals surface area contributed by atoms with Gasteiger partial charge in [0, 0.05) is 22.5 Å². The van der Waals surface area contributed by atoms with Gasteiger partial charge in [0.05, 0.1) is 4.90 Å². The molecule has 0 unspecified atom stereocenters. The first-order chi connectivity index (χ1) is 9.45. The van der Waals surface area contributed by atoms with Crippen LogP contribution >= 0.6 is 22.6 Å². The van der Waals surface area contributed by atoms with Crippen molar-refractivity contribution < 1.29 is 8.42 Å². The second-order valence-corrected chi connectivity index (χ2v) is 6.90. The van der Waals surface area contributed by atoms with Crippen molar-refractivity contribution in [3.63, 3.8) is 0 Å². The van der Waals surface area contributed by atoms with E-state index in [1.165, 1.54) is 12.1 Å². The van der Waals surface area contributed by atoms with E-state index in [1.807, 2.05) is 0 Å². The van der Waals surface area contributed by atoms with Crippen molar-refractivity contribution in [3.8, 4) is 0 Å². The third-order valence-electron chi connectivity index (χ3n) is 2.57. The molecule has 0 spiro atoms. The summed E-state index contributed by atoms with van der Waals surface area (Å²) in [7, 11) is -3.62. The van der Waals surface area contributed by atoms with Gasteiger partial charge in [0.1, 0.15) is 0 Å². The molecule has 0 aliphatic heterocycles. The second kappa shape index (κ2) is 6.46. The largest absolute Gasteiger partial charge is 0.354 e. The number of rotatable bonds is 5. The molecule has 3 N–H and O–H groups in total. The summed E-state index contributed by atoms with van der Waals surface area (Å²) >= 11 is 2.14. The molecule has 0 atom stereocenters. The van der Waals surface area contributed by atoms with Gasteiger partial charge in [0.25, 0.3) is 0 Å². The van der Waals surface area contributed by atoms with Crippen LogP contribution in [0.2, 0.25) is 0 Å². The van der Waals surface area contributed by atoms with Crippen LogP contribution in [0.1, 0.15) is 5.56 Å². The van der Waals surface area contributed by atoms with E-state index in [4.69, 9.17) is 5.14 Å². The molecule has 1 aromatic carbocycles. The molecule has 1 aromatic heterocycles. The van der Waals surface area contributed by atoms with Crippen LogP contribution in [-0.4, -0.2) is 24.9 Å². The predicted octanol–water partition coefficient (Wildman–Crippen LogP) is 1.38. The lowest BCUT2D eigenvalue weighted by atomic mass is 10.1. The number of nitrogens with two attached hydrogens (primary N) is 1. The maximum absolute atomic E-state index is 11.1. The van der Waals surface area contributed by atoms with Crippen LogP contribution in [0.3, 0.4) is 0 Å². The maximum atomic E-state index is 11.1. The van der Waals surface area contributed by atoms with Crippen LogP contribution in [0.5, 0.6) is 0 Å². The summed E-state index contributed by atoms with van der Waals surface area (Å²) in [5.74, 6) is 0.576. The Balaban J connectivity index is 1.90. The van der Waals surface area contributed by atoms with Crippen molar-refractivity contribution >= 4 is 38.6 Å². The molecule has 0 saturated carbocycles. The highest BCUT2D eigenvalue weighted by molar-refractivity contribution is 14.1. The summed E-state index contributed by atoms with van der Waals surface area (Å²) in [6.45, 7) is 0.662. The quantitative estimate of drug-likeness (QED) is 0.734. The highest BCUT2D eigenvalue weighted by atomic mass is 127. The minimum absolute atomic E-state index is 0.121. The van der Waals surface area contributed by atoms with Crippen LogP contribution in [0.4, 0.5) is 5.95 Å². The summed E-state index contributed by atoms with van der Waals surface area (Å²) in [6, 6.07) is 6.50. The van der Waals surface area contributed by atoms with Crippen molar-refractivity contribution in [1.82, 2.24) is 9.97 Å². The fourth-order valence-electron chi connectivity index (χ4n) is 1.57. The topological polar surface area (TPSA) is 98.0 Å². The van der Waals surface area contributed by atoms with Crippen LogP contribution in [0.15, 0.2) is 41.6 Å². The number of primary sulfonamides is 1. The minimum Gasteiger partial charge on any atom is -0.354 e. The predicted molar refractivity (Wildman–Crippen MR) is 84.8 cm³/mol. The van der Waals surface area contributed by atoms with Crippen molar-refractivity contribution in [2.75, 3.05) is 11.9 Å². The molecule has 0 bridgehead atoms. The molecular weight excluding hydrogens is 391 g/mol. The molecule has 0 aliphatic rings. The molecule has 0 saturated heterocycles. The van der Waals surface area contributed by atoms with E-state index in [2.05, 4.69) is 37.9 Å². The van der Waals surface area contributed by atoms with Crippen LogP contribution in [-0.2, 0) is 16.4 Å². The number of benzene rings is 1. The first-order valence-electron chi connectivity index (χ1n) is 5.78. The van der Waals surface area contributed by atoms with Gasteiger partial charge >= 0.3 is 0 Å². The minimum atomic E-state index is -3.62. The summed E-state index contributed by atoms with van der Waals surface area (Å²) in [4.78, 5) is 8.38. The van der Waals surface area contributed by atoms with Crippen molar-refractivity contribution in [2.24, 2.45) is 5.14 Å². The molecule has 2 aromatic rings. The summed E-state index contributed by atoms with van der Waals surface area (Å²) in [6.07, 6.45) is 4.20. The number of hydrogen-bond acceptors (Lipinski definition) is 5. The zero-order valence-corrected chi connectivity index (χ0v) is 13.4. The highest BCUT2D eigenvalue weighted by Crippen LogP contribution is 2.09. The van der Waals surface area contributed by atoms with E-state index in [9.17, 15) is 8.42 Å². The highest BCUT2D eigenvalue weighted by Gasteiger charge is 2.06. The number of nitrogens with zero attached hydrogens (tertiary/aromatic N) is 2. The van der Waals surface area contributed by atoms with Crippen LogP contribution in [0, 0.1) is 3.57 Å². The van der Waals surface area contributed by atoms with E-state index in [-0.39, 0.29) is 4.90 Å². The van der Waals surface area contributed by atoms with E-state index in [0.717, 1.165) is 15.6 Å². The zero-order valence-electron chi connectivity index (χ0n) is 10.5. The molecule has 8 heteroatoms. The van der Waals surface area contributed by atoms with Gasteiger partial charge in [-0.1, -0.05) is 12.1 Å². The van der Waals surface area contributed by atoms with Crippen molar-refractivity contribution in [1.29, 1.82) is 0 Å². The SMILES string of the molecule is NS(=O)(=O)c1ccc(CCNc2ncc(I)cn2)cc1. The molecule has 20 heavy (non-hydrogen) atoms. The van der Waals surface area contributed by atoms with Gasteiger partial charge in [-0.2, -0.15) is 0 Å². The summed E-state index contributed by atoms with van der Waals surface area (Å²) in [5.41, 5.74) is 1.01. The molecule has 2 rings (SSSR count). The average molecular weight is 404 g/mol. The Bertz CT molecular complexity index is 672. The van der Waals surface area contributed by atoms with Gasteiger partial charge in [-0.3, -0.25) is 0 Å². The lowest BCUT2D eigenvalue weighted by molar-refractivity contribution is 0.598. The lowest BCUT2D eigenvalue weighted by Gasteiger charge is -2.05. The Kier molecular flexibility index (Phi) is 4.89. The van der Waals surface area contributed by atoms with Gasteiger partial charge in [-0.05, 0) is 46.7 Å². The van der Waals surface area contributed by atoms with Gasteiger partial charge in [-0.15, -0.1) is 0 Å². The van der Waals surface area contributed by atoms with E-state index < -0.39 is 10.0 Å². The Labute approximate surface area is 131 Å². The summed E-state index contributed by atoms with van der Waals surface area (Å²) in [5, 5.41) is 8.13. The normalized spacial score (nSPS) is 11.3. The van der Waals surface area contributed by atoms with Gasteiger partial charge in [0.15, 0.2) is 0 Å². The fourth-order valence-corrected chi connectivity index (χ4v) is 2.36. The molecule has 0 radical (unpaired) electrons. The Morgan fingerprint density at radius 1 is 1.15 bits per heavy atom. The maximum Gasteiger partial charge on any atom is 0.238 e.